The number of halogens is 1. The topological polar surface area (TPSA) is 138 Å². The van der Waals surface area contributed by atoms with Crippen molar-refractivity contribution in [2.75, 3.05) is 42.9 Å². The van der Waals surface area contributed by atoms with E-state index >= 15 is 0 Å². The lowest BCUT2D eigenvalue weighted by molar-refractivity contribution is -0.125. The van der Waals surface area contributed by atoms with E-state index < -0.39 is 24.4 Å². The molecule has 11 heteroatoms. The summed E-state index contributed by atoms with van der Waals surface area (Å²) in [5, 5.41) is 26.5. The van der Waals surface area contributed by atoms with Gasteiger partial charge in [-0.25, -0.2) is 9.37 Å². The number of nitrogens with zero attached hydrogens (tertiary/aromatic N) is 2. The molecule has 1 amide bonds. The number of methoxy groups -OCH3 is 1. The SMILES string of the molecule is COCCOc1ccc(Nc2ncc(F)c(Nc3cccc(NC(=O)C(O)CO)c3)n2)cc1. The van der Waals surface area contributed by atoms with Crippen LogP contribution in [0.15, 0.2) is 54.7 Å². The first kappa shape index (κ1) is 23.9. The van der Waals surface area contributed by atoms with Crippen LogP contribution in [0.4, 0.5) is 33.2 Å². The van der Waals surface area contributed by atoms with Gasteiger partial charge in [-0.05, 0) is 42.5 Å². The Labute approximate surface area is 189 Å². The standard InChI is InChI=1S/C22H24FN5O5/c1-32-9-10-33-17-7-5-14(6-8-17)27-22-24-12-18(23)20(28-22)25-15-3-2-4-16(11-15)26-21(31)19(30)13-29/h2-8,11-12,19,29-30H,9-10,13H2,1H3,(H,26,31)(H2,24,25,27,28). The number of anilines is 5. The molecule has 0 fully saturated rings. The average Bonchev–Trinajstić information content (AvgIpc) is 2.82. The van der Waals surface area contributed by atoms with Crippen molar-refractivity contribution in [2.24, 2.45) is 0 Å². The van der Waals surface area contributed by atoms with Crippen LogP contribution in [0.3, 0.4) is 0 Å². The van der Waals surface area contributed by atoms with E-state index in [1.807, 2.05) is 0 Å². The molecule has 1 unspecified atom stereocenters. The zero-order valence-electron chi connectivity index (χ0n) is 17.8. The molecule has 1 aromatic heterocycles. The molecule has 0 spiro atoms. The van der Waals surface area contributed by atoms with E-state index in [0.717, 1.165) is 6.20 Å². The van der Waals surface area contributed by atoms with E-state index in [4.69, 9.17) is 14.6 Å². The number of carbonyl (C=O) groups is 1. The van der Waals surface area contributed by atoms with Gasteiger partial charge in [-0.3, -0.25) is 4.79 Å². The Morgan fingerprint density at radius 2 is 1.85 bits per heavy atom. The van der Waals surface area contributed by atoms with Gasteiger partial charge in [-0.2, -0.15) is 4.98 Å². The molecule has 3 aromatic rings. The van der Waals surface area contributed by atoms with Crippen LogP contribution >= 0.6 is 0 Å². The number of hydrogen-bond acceptors (Lipinski definition) is 9. The second-order valence-corrected chi connectivity index (χ2v) is 6.77. The van der Waals surface area contributed by atoms with Crippen molar-refractivity contribution in [1.29, 1.82) is 0 Å². The molecule has 0 bridgehead atoms. The van der Waals surface area contributed by atoms with Crippen molar-refractivity contribution in [3.8, 4) is 5.75 Å². The third kappa shape index (κ3) is 7.10. The van der Waals surface area contributed by atoms with Crippen molar-refractivity contribution in [2.45, 2.75) is 6.10 Å². The van der Waals surface area contributed by atoms with E-state index in [2.05, 4.69) is 25.9 Å². The summed E-state index contributed by atoms with van der Waals surface area (Å²) in [6.07, 6.45) is -0.510. The number of benzene rings is 2. The molecule has 174 valence electrons. The number of carbonyl (C=O) groups excluding carboxylic acids is 1. The number of nitrogens with one attached hydrogen (secondary N) is 3. The Kier molecular flexibility index (Phi) is 8.47. The molecule has 0 aliphatic carbocycles. The second kappa shape index (κ2) is 11.7. The molecule has 0 saturated heterocycles. The molecule has 10 nitrogen and oxygen atoms in total. The number of aliphatic hydroxyl groups excluding tert-OH is 2. The molecule has 0 aliphatic heterocycles. The van der Waals surface area contributed by atoms with Crippen LogP contribution in [-0.2, 0) is 9.53 Å². The quantitative estimate of drug-likeness (QED) is 0.275. The van der Waals surface area contributed by atoms with Crippen LogP contribution < -0.4 is 20.7 Å². The normalized spacial score (nSPS) is 11.5. The Morgan fingerprint density at radius 3 is 2.58 bits per heavy atom. The molecule has 1 atom stereocenters. The fourth-order valence-electron chi connectivity index (χ4n) is 2.64. The summed E-state index contributed by atoms with van der Waals surface area (Å²) >= 11 is 0. The van der Waals surface area contributed by atoms with Gasteiger partial charge in [0.15, 0.2) is 17.7 Å². The van der Waals surface area contributed by atoms with Crippen LogP contribution in [0.1, 0.15) is 0 Å². The lowest BCUT2D eigenvalue weighted by Gasteiger charge is -2.12. The molecule has 1 heterocycles. The molecule has 0 aliphatic rings. The fraction of sp³-hybridized carbons (Fsp3) is 0.227. The Bertz CT molecular complexity index is 1070. The average molecular weight is 457 g/mol. The molecule has 33 heavy (non-hydrogen) atoms. The summed E-state index contributed by atoms with van der Waals surface area (Å²) in [7, 11) is 1.60. The van der Waals surface area contributed by atoms with Crippen molar-refractivity contribution < 1.29 is 28.9 Å². The highest BCUT2D eigenvalue weighted by Crippen LogP contribution is 2.23. The summed E-state index contributed by atoms with van der Waals surface area (Å²) in [5.41, 5.74) is 1.46. The number of aromatic nitrogens is 2. The van der Waals surface area contributed by atoms with Crippen LogP contribution in [0, 0.1) is 5.82 Å². The van der Waals surface area contributed by atoms with E-state index in [0.29, 0.717) is 36.0 Å². The molecule has 2 aromatic carbocycles. The largest absolute Gasteiger partial charge is 0.491 e. The monoisotopic (exact) mass is 457 g/mol. The predicted octanol–water partition coefficient (Wildman–Crippen LogP) is 2.42. The number of ether oxygens (including phenoxy) is 2. The summed E-state index contributed by atoms with van der Waals surface area (Å²) in [6.45, 7) is 0.223. The summed E-state index contributed by atoms with van der Waals surface area (Å²) in [4.78, 5) is 19.8. The highest BCUT2D eigenvalue weighted by Gasteiger charge is 2.14. The first-order valence-electron chi connectivity index (χ1n) is 9.96. The van der Waals surface area contributed by atoms with Gasteiger partial charge in [-0.15, -0.1) is 0 Å². The minimum Gasteiger partial charge on any atom is -0.491 e. The summed E-state index contributed by atoms with van der Waals surface area (Å²) in [6, 6.07) is 13.5. The lowest BCUT2D eigenvalue weighted by Crippen LogP contribution is -2.30. The molecule has 0 radical (unpaired) electrons. The Balaban J connectivity index is 1.67. The van der Waals surface area contributed by atoms with E-state index in [1.54, 1.807) is 49.6 Å². The maximum Gasteiger partial charge on any atom is 0.255 e. The van der Waals surface area contributed by atoms with Crippen molar-refractivity contribution in [3.63, 3.8) is 0 Å². The van der Waals surface area contributed by atoms with Gasteiger partial charge in [0.2, 0.25) is 5.95 Å². The van der Waals surface area contributed by atoms with Crippen molar-refractivity contribution >= 4 is 34.7 Å². The van der Waals surface area contributed by atoms with Crippen molar-refractivity contribution in [1.82, 2.24) is 9.97 Å². The number of hydrogen-bond donors (Lipinski definition) is 5. The third-order valence-corrected chi connectivity index (χ3v) is 4.28. The Hall–Kier alpha value is -3.80. The maximum absolute atomic E-state index is 14.3. The number of amides is 1. The predicted molar refractivity (Wildman–Crippen MR) is 121 cm³/mol. The van der Waals surface area contributed by atoms with Gasteiger partial charge in [0.25, 0.3) is 5.91 Å². The summed E-state index contributed by atoms with van der Waals surface area (Å²) in [5.74, 6) is -0.663. The highest BCUT2D eigenvalue weighted by atomic mass is 19.1. The minimum absolute atomic E-state index is 0.0779. The van der Waals surface area contributed by atoms with E-state index in [9.17, 15) is 14.3 Å². The molecule has 3 rings (SSSR count). The van der Waals surface area contributed by atoms with Gasteiger partial charge < -0.3 is 35.6 Å². The second-order valence-electron chi connectivity index (χ2n) is 6.77. The molecule has 5 N–H and O–H groups in total. The van der Waals surface area contributed by atoms with Crippen molar-refractivity contribution in [3.05, 3.63) is 60.5 Å². The van der Waals surface area contributed by atoms with Crippen LogP contribution in [0.25, 0.3) is 0 Å². The summed E-state index contributed by atoms with van der Waals surface area (Å²) < 4.78 is 24.7. The van der Waals surface area contributed by atoms with Crippen LogP contribution in [-0.4, -0.2) is 59.1 Å². The lowest BCUT2D eigenvalue weighted by atomic mass is 10.2. The fourth-order valence-corrected chi connectivity index (χ4v) is 2.64. The maximum atomic E-state index is 14.3. The van der Waals surface area contributed by atoms with Crippen LogP contribution in [0.2, 0.25) is 0 Å². The van der Waals surface area contributed by atoms with Gasteiger partial charge in [0.1, 0.15) is 12.4 Å². The number of aliphatic hydroxyl groups is 2. The number of rotatable bonds is 11. The third-order valence-electron chi connectivity index (χ3n) is 4.28. The van der Waals surface area contributed by atoms with Gasteiger partial charge in [0.05, 0.1) is 19.4 Å². The zero-order valence-corrected chi connectivity index (χ0v) is 17.8. The zero-order chi connectivity index (χ0) is 23.6. The molecular formula is C22H24FN5O5. The molecule has 0 saturated carbocycles. The van der Waals surface area contributed by atoms with Gasteiger partial charge in [-0.1, -0.05) is 6.07 Å². The smallest absolute Gasteiger partial charge is 0.255 e. The highest BCUT2D eigenvalue weighted by molar-refractivity contribution is 5.94. The Morgan fingerprint density at radius 1 is 1.09 bits per heavy atom. The minimum atomic E-state index is -1.54. The first-order valence-corrected chi connectivity index (χ1v) is 9.96. The van der Waals surface area contributed by atoms with Gasteiger partial charge >= 0.3 is 0 Å². The molecular weight excluding hydrogens is 433 g/mol. The van der Waals surface area contributed by atoms with Crippen LogP contribution in [0.5, 0.6) is 5.75 Å². The first-order chi connectivity index (χ1) is 16.0. The van der Waals surface area contributed by atoms with E-state index in [1.165, 1.54) is 6.07 Å². The van der Waals surface area contributed by atoms with Gasteiger partial charge in [0, 0.05) is 24.2 Å². The van der Waals surface area contributed by atoms with E-state index in [-0.39, 0.29) is 11.8 Å².